The van der Waals surface area contributed by atoms with Crippen molar-refractivity contribution in [3.63, 3.8) is 0 Å². The van der Waals surface area contributed by atoms with Crippen molar-refractivity contribution in [2.75, 3.05) is 18.1 Å². The molecule has 1 fully saturated rings. The van der Waals surface area contributed by atoms with Crippen LogP contribution < -0.4 is 15.5 Å². The molecular formula is C32H45N3O5Si. The van der Waals surface area contributed by atoms with Gasteiger partial charge in [-0.15, -0.1) is 0 Å². The lowest BCUT2D eigenvalue weighted by molar-refractivity contribution is -0.117. The van der Waals surface area contributed by atoms with Crippen molar-refractivity contribution >= 4 is 31.9 Å². The molecule has 0 unspecified atom stereocenters. The first kappa shape index (κ1) is 30.8. The van der Waals surface area contributed by atoms with Crippen LogP contribution in [-0.4, -0.2) is 45.4 Å². The molecule has 0 aromatic heterocycles. The molecule has 4 rings (SSSR count). The van der Waals surface area contributed by atoms with Crippen molar-refractivity contribution in [2.24, 2.45) is 11.8 Å². The van der Waals surface area contributed by atoms with E-state index < -0.39 is 20.5 Å². The average molecular weight is 580 g/mol. The van der Waals surface area contributed by atoms with Crippen LogP contribution in [-0.2, 0) is 20.6 Å². The summed E-state index contributed by atoms with van der Waals surface area (Å²) in [4.78, 5) is 40.9. The highest BCUT2D eigenvalue weighted by Crippen LogP contribution is 2.49. The monoisotopic (exact) mass is 579 g/mol. The minimum Gasteiger partial charge on any atom is -0.445 e. The van der Waals surface area contributed by atoms with E-state index in [4.69, 9.17) is 9.16 Å². The van der Waals surface area contributed by atoms with Gasteiger partial charge in [0, 0.05) is 36.7 Å². The van der Waals surface area contributed by atoms with E-state index in [-0.39, 0.29) is 35.4 Å². The average Bonchev–Trinajstić information content (AvgIpc) is 3.76. The predicted octanol–water partition coefficient (Wildman–Crippen LogP) is 6.19. The summed E-state index contributed by atoms with van der Waals surface area (Å²) in [6, 6.07) is 14.5. The molecule has 222 valence electrons. The van der Waals surface area contributed by atoms with Crippen molar-refractivity contribution < 1.29 is 23.5 Å². The Morgan fingerprint density at radius 2 is 1.73 bits per heavy atom. The fourth-order valence-corrected chi connectivity index (χ4v) is 6.43. The fourth-order valence-electron chi connectivity index (χ4n) is 5.39. The first-order valence-electron chi connectivity index (χ1n) is 14.6. The van der Waals surface area contributed by atoms with Crippen molar-refractivity contribution in [1.29, 1.82) is 0 Å². The minimum atomic E-state index is -1.91. The molecule has 2 N–H and O–H groups in total. The number of ether oxygens (including phenoxy) is 1. The SMILES string of the molecule is CC(=O)N1c2ccc(C(=O)NCCO[Si](C)(C)C(C)(C)C)cc2[C@H](NC(=O)OCc2ccccc2)[C@@H](C)[C@@H]1C1CC1. The summed E-state index contributed by atoms with van der Waals surface area (Å²) in [5, 5.41) is 6.14. The van der Waals surface area contributed by atoms with Gasteiger partial charge in [0.05, 0.1) is 12.6 Å². The summed E-state index contributed by atoms with van der Waals surface area (Å²) in [7, 11) is -1.91. The zero-order valence-electron chi connectivity index (χ0n) is 25.5. The maximum absolute atomic E-state index is 13.2. The third-order valence-electron chi connectivity index (χ3n) is 8.83. The van der Waals surface area contributed by atoms with E-state index in [0.717, 1.165) is 29.7 Å². The summed E-state index contributed by atoms with van der Waals surface area (Å²) in [6.45, 7) is 15.6. The second-order valence-electron chi connectivity index (χ2n) is 12.9. The number of carbonyl (C=O) groups is 3. The largest absolute Gasteiger partial charge is 0.445 e. The van der Waals surface area contributed by atoms with Crippen LogP contribution in [0.4, 0.5) is 10.5 Å². The molecule has 2 aromatic rings. The van der Waals surface area contributed by atoms with E-state index in [1.165, 1.54) is 0 Å². The number of rotatable bonds is 9. The van der Waals surface area contributed by atoms with Gasteiger partial charge in [-0.3, -0.25) is 9.59 Å². The zero-order chi connectivity index (χ0) is 29.9. The van der Waals surface area contributed by atoms with Crippen LogP contribution in [0.5, 0.6) is 0 Å². The van der Waals surface area contributed by atoms with Gasteiger partial charge in [0.25, 0.3) is 5.91 Å². The number of fused-ring (bicyclic) bond motifs is 1. The van der Waals surface area contributed by atoms with E-state index in [1.807, 2.05) is 41.3 Å². The molecule has 41 heavy (non-hydrogen) atoms. The Morgan fingerprint density at radius 1 is 1.05 bits per heavy atom. The standard InChI is InChI=1S/C32H45N3O5Si/c1-21-28(34-31(38)39-20-23-11-9-8-10-12-23)26-19-25(30(37)33-17-18-40-41(6,7)32(3,4)5)15-16-27(26)35(22(2)36)29(21)24-13-14-24/h8-12,15-16,19,21,24,28-29H,13-14,17-18,20H2,1-7H3,(H,33,37)(H,34,38)/t21-,28-,29-/m1/s1. The van der Waals surface area contributed by atoms with Crippen molar-refractivity contribution in [3.8, 4) is 0 Å². The third kappa shape index (κ3) is 7.19. The fraction of sp³-hybridized carbons (Fsp3) is 0.531. The molecule has 1 heterocycles. The maximum atomic E-state index is 13.2. The lowest BCUT2D eigenvalue weighted by Gasteiger charge is -2.45. The molecule has 0 radical (unpaired) electrons. The molecule has 2 aliphatic rings. The van der Waals surface area contributed by atoms with Crippen LogP contribution in [0.1, 0.15) is 75.0 Å². The zero-order valence-corrected chi connectivity index (χ0v) is 26.5. The molecule has 2 aromatic carbocycles. The van der Waals surface area contributed by atoms with Crippen LogP contribution in [0.15, 0.2) is 48.5 Å². The Bertz CT molecular complexity index is 1260. The summed E-state index contributed by atoms with van der Waals surface area (Å²) in [5.74, 6) is 0.0542. The molecular weight excluding hydrogens is 534 g/mol. The Morgan fingerprint density at radius 3 is 2.34 bits per heavy atom. The Labute approximate surface area is 245 Å². The molecule has 1 saturated carbocycles. The van der Waals surface area contributed by atoms with Crippen LogP contribution in [0.3, 0.4) is 0 Å². The van der Waals surface area contributed by atoms with E-state index >= 15 is 0 Å². The van der Waals surface area contributed by atoms with E-state index in [9.17, 15) is 14.4 Å². The van der Waals surface area contributed by atoms with Crippen LogP contribution in [0.25, 0.3) is 0 Å². The van der Waals surface area contributed by atoms with E-state index in [2.05, 4.69) is 51.4 Å². The smallest absolute Gasteiger partial charge is 0.407 e. The number of carbonyl (C=O) groups excluding carboxylic acids is 3. The molecule has 1 aliphatic carbocycles. The van der Waals surface area contributed by atoms with Gasteiger partial charge in [0.2, 0.25) is 5.91 Å². The summed E-state index contributed by atoms with van der Waals surface area (Å²) >= 11 is 0. The highest BCUT2D eigenvalue weighted by Gasteiger charge is 2.48. The van der Waals surface area contributed by atoms with Gasteiger partial charge in [-0.2, -0.15) is 0 Å². The Balaban J connectivity index is 1.53. The normalized spacial score (nSPS) is 20.7. The highest BCUT2D eigenvalue weighted by atomic mass is 28.4. The molecule has 0 bridgehead atoms. The molecule has 1 aliphatic heterocycles. The first-order valence-corrected chi connectivity index (χ1v) is 17.5. The number of hydrogen-bond donors (Lipinski definition) is 2. The number of amides is 3. The topological polar surface area (TPSA) is 97.0 Å². The molecule has 8 nitrogen and oxygen atoms in total. The van der Waals surface area contributed by atoms with Gasteiger partial charge in [-0.1, -0.05) is 58.0 Å². The minimum absolute atomic E-state index is 0.0356. The maximum Gasteiger partial charge on any atom is 0.407 e. The van der Waals surface area contributed by atoms with E-state index in [0.29, 0.717) is 24.6 Å². The van der Waals surface area contributed by atoms with Crippen LogP contribution >= 0.6 is 0 Å². The molecule has 3 atom stereocenters. The molecule has 0 spiro atoms. The van der Waals surface area contributed by atoms with Gasteiger partial charge >= 0.3 is 6.09 Å². The number of nitrogens with one attached hydrogen (secondary N) is 2. The van der Waals surface area contributed by atoms with Gasteiger partial charge in [0.15, 0.2) is 8.32 Å². The number of benzene rings is 2. The summed E-state index contributed by atoms with van der Waals surface area (Å²) in [5.41, 5.74) is 2.85. The van der Waals surface area contributed by atoms with Gasteiger partial charge in [0.1, 0.15) is 6.61 Å². The van der Waals surface area contributed by atoms with Crippen molar-refractivity contribution in [1.82, 2.24) is 10.6 Å². The van der Waals surface area contributed by atoms with Crippen molar-refractivity contribution in [3.05, 3.63) is 65.2 Å². The lowest BCUT2D eigenvalue weighted by Crippen LogP contribution is -2.53. The third-order valence-corrected chi connectivity index (χ3v) is 13.4. The molecule has 3 amide bonds. The van der Waals surface area contributed by atoms with Gasteiger partial charge in [-0.25, -0.2) is 4.79 Å². The second-order valence-corrected chi connectivity index (χ2v) is 17.7. The number of hydrogen-bond acceptors (Lipinski definition) is 5. The number of alkyl carbamates (subject to hydrolysis) is 1. The molecule has 0 saturated heterocycles. The quantitative estimate of drug-likeness (QED) is 0.273. The number of anilines is 1. The Hall–Kier alpha value is -3.17. The van der Waals surface area contributed by atoms with Crippen LogP contribution in [0.2, 0.25) is 18.1 Å². The summed E-state index contributed by atoms with van der Waals surface area (Å²) in [6.07, 6.45) is 1.58. The summed E-state index contributed by atoms with van der Waals surface area (Å²) < 4.78 is 11.8. The highest BCUT2D eigenvalue weighted by molar-refractivity contribution is 6.74. The predicted molar refractivity (Wildman–Crippen MR) is 163 cm³/mol. The molecule has 9 heteroatoms. The van der Waals surface area contributed by atoms with E-state index in [1.54, 1.807) is 19.1 Å². The van der Waals surface area contributed by atoms with Crippen molar-refractivity contribution in [2.45, 2.75) is 84.3 Å². The lowest BCUT2D eigenvalue weighted by atomic mass is 9.79. The number of nitrogens with zero attached hydrogens (tertiary/aromatic N) is 1. The first-order chi connectivity index (χ1) is 19.3. The van der Waals surface area contributed by atoms with Gasteiger partial charge < -0.3 is 24.7 Å². The second kappa shape index (κ2) is 12.4. The van der Waals surface area contributed by atoms with Gasteiger partial charge in [-0.05, 0) is 66.2 Å². The van der Waals surface area contributed by atoms with Crippen LogP contribution in [0, 0.1) is 11.8 Å². The Kier molecular flexibility index (Phi) is 9.28.